The molecule has 2 aromatic rings. The van der Waals surface area contributed by atoms with Crippen LogP contribution in [0.4, 0.5) is 5.69 Å². The van der Waals surface area contributed by atoms with E-state index >= 15 is 0 Å². The Bertz CT molecular complexity index is 802. The molecule has 7 heteroatoms. The molecule has 0 spiro atoms. The maximum absolute atomic E-state index is 12.5. The number of carbonyl (C=O) groups excluding carboxylic acids is 2. The van der Waals surface area contributed by atoms with Crippen LogP contribution in [0.1, 0.15) is 30.3 Å². The van der Waals surface area contributed by atoms with E-state index in [0.29, 0.717) is 18.2 Å². The fraction of sp³-hybridized carbons (Fsp3) is 0.444. The molecule has 2 N–H and O–H groups in total. The smallest absolute Gasteiger partial charge is 0.356 e. The number of nitrogens with zero attached hydrogens (tertiary/aromatic N) is 1. The van der Waals surface area contributed by atoms with E-state index in [9.17, 15) is 9.59 Å². The summed E-state index contributed by atoms with van der Waals surface area (Å²) in [6.45, 7) is 4.39. The monoisotopic (exact) mass is 407 g/mol. The van der Waals surface area contributed by atoms with Gasteiger partial charge in [-0.25, -0.2) is 4.79 Å². The number of nitrogens with one attached hydrogen (secondary N) is 2. The number of halogens is 1. The number of rotatable bonds is 4. The Morgan fingerprint density at radius 3 is 2.96 bits per heavy atom. The van der Waals surface area contributed by atoms with Gasteiger partial charge in [0.05, 0.1) is 19.3 Å². The predicted octanol–water partition coefficient (Wildman–Crippen LogP) is 3.39. The van der Waals surface area contributed by atoms with Gasteiger partial charge in [0, 0.05) is 21.9 Å². The van der Waals surface area contributed by atoms with Crippen LogP contribution < -0.4 is 5.32 Å². The van der Waals surface area contributed by atoms with E-state index in [2.05, 4.69) is 38.1 Å². The third kappa shape index (κ3) is 4.04. The maximum Gasteiger partial charge on any atom is 0.356 e. The van der Waals surface area contributed by atoms with Crippen molar-refractivity contribution in [2.75, 3.05) is 32.1 Å². The zero-order chi connectivity index (χ0) is 18.0. The molecular formula is C18H22BrN3O3. The van der Waals surface area contributed by atoms with Crippen LogP contribution in [-0.2, 0) is 9.53 Å². The highest BCUT2D eigenvalue weighted by Crippen LogP contribution is 2.31. The van der Waals surface area contributed by atoms with Crippen LogP contribution in [0.5, 0.6) is 0 Å². The van der Waals surface area contributed by atoms with Gasteiger partial charge in [0.1, 0.15) is 5.69 Å². The first-order valence-corrected chi connectivity index (χ1v) is 9.19. The minimum Gasteiger partial charge on any atom is -0.464 e. The number of benzene rings is 1. The normalized spacial score (nSPS) is 18.3. The van der Waals surface area contributed by atoms with Crippen molar-refractivity contribution in [3.05, 3.63) is 28.4 Å². The molecule has 6 nitrogen and oxygen atoms in total. The van der Waals surface area contributed by atoms with Crippen LogP contribution in [0, 0.1) is 5.92 Å². The van der Waals surface area contributed by atoms with E-state index in [1.165, 1.54) is 13.5 Å². The second kappa shape index (κ2) is 7.58. The first-order valence-electron chi connectivity index (χ1n) is 8.39. The van der Waals surface area contributed by atoms with Gasteiger partial charge in [-0.15, -0.1) is 0 Å². The second-order valence-electron chi connectivity index (χ2n) is 6.59. The van der Waals surface area contributed by atoms with Gasteiger partial charge >= 0.3 is 5.97 Å². The number of piperidine rings is 1. The zero-order valence-corrected chi connectivity index (χ0v) is 16.0. The molecule has 1 aromatic heterocycles. The van der Waals surface area contributed by atoms with Crippen molar-refractivity contribution in [1.29, 1.82) is 0 Å². The molecule has 0 aliphatic carbocycles. The Hall–Kier alpha value is -1.86. The highest BCUT2D eigenvalue weighted by Gasteiger charge is 2.23. The number of anilines is 1. The van der Waals surface area contributed by atoms with Gasteiger partial charge in [0.15, 0.2) is 0 Å². The molecule has 1 unspecified atom stereocenters. The number of amides is 1. The lowest BCUT2D eigenvalue weighted by Gasteiger charge is -2.30. The number of fused-ring (bicyclic) bond motifs is 1. The minimum absolute atomic E-state index is 0.125. The van der Waals surface area contributed by atoms with E-state index in [1.807, 2.05) is 18.2 Å². The number of H-pyrrole nitrogens is 1. The Morgan fingerprint density at radius 2 is 2.24 bits per heavy atom. The summed E-state index contributed by atoms with van der Waals surface area (Å²) in [6.07, 6.45) is 2.32. The molecule has 1 fully saturated rings. The topological polar surface area (TPSA) is 74.4 Å². The van der Waals surface area contributed by atoms with E-state index in [-0.39, 0.29) is 11.6 Å². The average molecular weight is 408 g/mol. The zero-order valence-electron chi connectivity index (χ0n) is 14.4. The summed E-state index contributed by atoms with van der Waals surface area (Å²) in [5.74, 6) is -0.0226. The number of hydrogen-bond donors (Lipinski definition) is 2. The Kier molecular flexibility index (Phi) is 5.44. The molecule has 0 saturated carbocycles. The van der Waals surface area contributed by atoms with Crippen LogP contribution in [0.15, 0.2) is 22.7 Å². The van der Waals surface area contributed by atoms with Crippen molar-refractivity contribution in [3.8, 4) is 0 Å². The van der Waals surface area contributed by atoms with Gasteiger partial charge in [-0.1, -0.05) is 22.9 Å². The second-order valence-corrected chi connectivity index (χ2v) is 7.50. The van der Waals surface area contributed by atoms with E-state index in [0.717, 1.165) is 34.9 Å². The summed E-state index contributed by atoms with van der Waals surface area (Å²) in [4.78, 5) is 29.8. The van der Waals surface area contributed by atoms with Crippen molar-refractivity contribution in [3.63, 3.8) is 0 Å². The third-order valence-corrected chi connectivity index (χ3v) is 5.02. The number of aromatic nitrogens is 1. The van der Waals surface area contributed by atoms with E-state index < -0.39 is 5.97 Å². The number of esters is 1. The fourth-order valence-electron chi connectivity index (χ4n) is 3.36. The molecule has 1 saturated heterocycles. The van der Waals surface area contributed by atoms with Gasteiger partial charge in [-0.3, -0.25) is 9.69 Å². The number of aromatic amines is 1. The van der Waals surface area contributed by atoms with Crippen LogP contribution in [0.2, 0.25) is 0 Å². The van der Waals surface area contributed by atoms with Crippen molar-refractivity contribution in [1.82, 2.24) is 9.88 Å². The lowest BCUT2D eigenvalue weighted by Crippen LogP contribution is -2.39. The summed E-state index contributed by atoms with van der Waals surface area (Å²) in [5, 5.41) is 3.68. The summed E-state index contributed by atoms with van der Waals surface area (Å²) < 4.78 is 5.71. The first kappa shape index (κ1) is 17.9. The highest BCUT2D eigenvalue weighted by molar-refractivity contribution is 9.10. The predicted molar refractivity (Wildman–Crippen MR) is 101 cm³/mol. The first-order chi connectivity index (χ1) is 12.0. The molecule has 1 aromatic carbocycles. The van der Waals surface area contributed by atoms with Crippen LogP contribution in [0.25, 0.3) is 10.9 Å². The molecule has 25 heavy (non-hydrogen) atoms. The molecule has 3 rings (SSSR count). The SMILES string of the molecule is COC(=O)c1[nH]c2ccc(Br)cc2c1NC(=O)CN1CCCC(C)C1. The van der Waals surface area contributed by atoms with Crippen molar-refractivity contribution < 1.29 is 14.3 Å². The van der Waals surface area contributed by atoms with Crippen molar-refractivity contribution >= 4 is 44.4 Å². The highest BCUT2D eigenvalue weighted by atomic mass is 79.9. The molecule has 1 aliphatic rings. The lowest BCUT2D eigenvalue weighted by molar-refractivity contribution is -0.117. The lowest BCUT2D eigenvalue weighted by atomic mass is 10.0. The number of methoxy groups -OCH3 is 1. The maximum atomic E-state index is 12.5. The third-order valence-electron chi connectivity index (χ3n) is 4.52. The number of likely N-dealkylation sites (tertiary alicyclic amines) is 1. The quantitative estimate of drug-likeness (QED) is 0.761. The van der Waals surface area contributed by atoms with E-state index in [1.54, 1.807) is 0 Å². The largest absolute Gasteiger partial charge is 0.464 e. The summed E-state index contributed by atoms with van der Waals surface area (Å²) in [5.41, 5.74) is 1.50. The molecule has 1 amide bonds. The molecule has 134 valence electrons. The standard InChI is InChI=1S/C18H22BrN3O3/c1-11-4-3-7-22(9-11)10-15(23)21-16-13-8-12(19)5-6-14(13)20-17(16)18(24)25-2/h5-6,8,11,20H,3-4,7,9-10H2,1-2H3,(H,21,23). The molecule has 1 aliphatic heterocycles. The Balaban J connectivity index is 1.84. The fourth-order valence-corrected chi connectivity index (χ4v) is 3.72. The Morgan fingerprint density at radius 1 is 1.44 bits per heavy atom. The van der Waals surface area contributed by atoms with Gasteiger partial charge < -0.3 is 15.0 Å². The molecule has 0 radical (unpaired) electrons. The summed E-state index contributed by atoms with van der Waals surface area (Å²) >= 11 is 3.43. The van der Waals surface area contributed by atoms with Gasteiger partial charge in [-0.2, -0.15) is 0 Å². The Labute approximate surface area is 155 Å². The number of ether oxygens (including phenoxy) is 1. The molecule has 1 atom stereocenters. The van der Waals surface area contributed by atoms with Gasteiger partial charge in [0.2, 0.25) is 5.91 Å². The molecular weight excluding hydrogens is 386 g/mol. The van der Waals surface area contributed by atoms with Crippen LogP contribution in [-0.4, -0.2) is 48.5 Å². The number of carbonyl (C=O) groups is 2. The van der Waals surface area contributed by atoms with Crippen LogP contribution in [0.3, 0.4) is 0 Å². The van der Waals surface area contributed by atoms with Crippen molar-refractivity contribution in [2.45, 2.75) is 19.8 Å². The van der Waals surface area contributed by atoms with Crippen molar-refractivity contribution in [2.24, 2.45) is 5.92 Å². The minimum atomic E-state index is -0.505. The van der Waals surface area contributed by atoms with E-state index in [4.69, 9.17) is 4.74 Å². The molecule has 2 heterocycles. The van der Waals surface area contributed by atoms with Crippen LogP contribution >= 0.6 is 15.9 Å². The average Bonchev–Trinajstić information content (AvgIpc) is 2.92. The number of hydrogen-bond acceptors (Lipinski definition) is 4. The van der Waals surface area contributed by atoms with Gasteiger partial charge in [-0.05, 0) is 43.5 Å². The summed E-state index contributed by atoms with van der Waals surface area (Å²) in [7, 11) is 1.32. The molecule has 0 bridgehead atoms. The summed E-state index contributed by atoms with van der Waals surface area (Å²) in [6, 6.07) is 5.60. The van der Waals surface area contributed by atoms with Gasteiger partial charge in [0.25, 0.3) is 0 Å².